The van der Waals surface area contributed by atoms with Crippen molar-refractivity contribution in [1.82, 2.24) is 5.32 Å². The Hall–Kier alpha value is -5.28. The smallest absolute Gasteiger partial charge is 0.169 e. The average Bonchev–Trinajstić information content (AvgIpc) is 3.30. The van der Waals surface area contributed by atoms with Crippen molar-refractivity contribution in [3.63, 3.8) is 0 Å². The zero-order valence-electron chi connectivity index (χ0n) is 24.3. The molecule has 6 aromatic carbocycles. The Morgan fingerprint density at radius 1 is 0.535 bits per heavy atom. The Balaban J connectivity index is 1.27. The van der Waals surface area contributed by atoms with Crippen LogP contribution in [-0.2, 0) is 5.41 Å². The number of benzene rings is 6. The highest BCUT2D eigenvalue weighted by atomic mass is 15.2. The number of rotatable bonds is 4. The zero-order valence-corrected chi connectivity index (χ0v) is 24.3. The molecule has 0 radical (unpaired) electrons. The van der Waals surface area contributed by atoms with E-state index in [0.717, 1.165) is 28.4 Å². The van der Waals surface area contributed by atoms with Gasteiger partial charge in [-0.25, -0.2) is 9.98 Å². The van der Waals surface area contributed by atoms with E-state index in [1.165, 1.54) is 44.2 Å². The molecule has 8 rings (SSSR count). The molecule has 0 aromatic heterocycles. The molecule has 2 aliphatic rings. The lowest BCUT2D eigenvalue weighted by atomic mass is 9.80. The van der Waals surface area contributed by atoms with Gasteiger partial charge in [-0.3, -0.25) is 0 Å². The largest absolute Gasteiger partial charge is 0.324 e. The number of nitrogens with zero attached hydrogens (tertiary/aromatic N) is 2. The van der Waals surface area contributed by atoms with E-state index < -0.39 is 0 Å². The van der Waals surface area contributed by atoms with Gasteiger partial charge in [0.2, 0.25) is 0 Å². The van der Waals surface area contributed by atoms with Crippen LogP contribution in [0.2, 0.25) is 0 Å². The molecule has 1 aliphatic heterocycles. The zero-order chi connectivity index (χ0) is 29.0. The fourth-order valence-electron chi connectivity index (χ4n) is 6.72. The van der Waals surface area contributed by atoms with Crippen molar-refractivity contribution < 1.29 is 0 Å². The van der Waals surface area contributed by atoms with Crippen LogP contribution >= 0.6 is 0 Å². The van der Waals surface area contributed by atoms with Crippen molar-refractivity contribution in [1.29, 1.82) is 0 Å². The van der Waals surface area contributed by atoms with Gasteiger partial charge >= 0.3 is 0 Å². The highest BCUT2D eigenvalue weighted by Crippen LogP contribution is 2.54. The van der Waals surface area contributed by atoms with Gasteiger partial charge in [0, 0.05) is 16.5 Å². The summed E-state index contributed by atoms with van der Waals surface area (Å²) in [7, 11) is 0. The molecule has 0 fully saturated rings. The molecule has 1 heterocycles. The van der Waals surface area contributed by atoms with Crippen LogP contribution in [0.4, 0.5) is 0 Å². The summed E-state index contributed by atoms with van der Waals surface area (Å²) in [5.41, 5.74) is 11.0. The second-order valence-corrected chi connectivity index (χ2v) is 11.9. The first-order valence-corrected chi connectivity index (χ1v) is 14.9. The van der Waals surface area contributed by atoms with E-state index >= 15 is 0 Å². The van der Waals surface area contributed by atoms with Crippen LogP contribution in [0.1, 0.15) is 47.8 Å². The average molecular weight is 554 g/mol. The molecule has 6 aromatic rings. The SMILES string of the molecule is CC1(C)c2ccccc2-c2c1cc1ccccc1c2-c1ccc(C2N=C(c3ccccc3)NC(c3ccccc3)=N2)cc1. The van der Waals surface area contributed by atoms with Crippen molar-refractivity contribution in [2.45, 2.75) is 25.4 Å². The van der Waals surface area contributed by atoms with Gasteiger partial charge in [-0.2, -0.15) is 0 Å². The van der Waals surface area contributed by atoms with Gasteiger partial charge in [-0.15, -0.1) is 0 Å². The van der Waals surface area contributed by atoms with Crippen molar-refractivity contribution >= 4 is 22.4 Å². The number of nitrogens with one attached hydrogen (secondary N) is 1. The van der Waals surface area contributed by atoms with Crippen LogP contribution in [0.25, 0.3) is 33.0 Å². The Kier molecular flexibility index (Phi) is 5.87. The third kappa shape index (κ3) is 4.20. The molecule has 0 bridgehead atoms. The predicted octanol–water partition coefficient (Wildman–Crippen LogP) is 9.31. The molecule has 3 nitrogen and oxygen atoms in total. The molecule has 1 N–H and O–H groups in total. The van der Waals surface area contributed by atoms with Gasteiger partial charge in [0.25, 0.3) is 0 Å². The second kappa shape index (κ2) is 9.92. The van der Waals surface area contributed by atoms with Crippen molar-refractivity contribution in [3.05, 3.63) is 167 Å². The molecule has 206 valence electrons. The molecule has 1 aliphatic carbocycles. The summed E-state index contributed by atoms with van der Waals surface area (Å²) >= 11 is 0. The number of amidine groups is 2. The van der Waals surface area contributed by atoms with Gasteiger partial charge in [-0.05, 0) is 55.8 Å². The summed E-state index contributed by atoms with van der Waals surface area (Å²) in [5.74, 6) is 1.66. The number of aliphatic imine (C=N–C) groups is 2. The molecule has 0 spiro atoms. The summed E-state index contributed by atoms with van der Waals surface area (Å²) in [5, 5.41) is 6.04. The van der Waals surface area contributed by atoms with E-state index in [2.05, 4.69) is 122 Å². The van der Waals surface area contributed by atoms with Gasteiger partial charge in [-0.1, -0.05) is 147 Å². The summed E-state index contributed by atoms with van der Waals surface area (Å²) in [6.45, 7) is 4.70. The summed E-state index contributed by atoms with van der Waals surface area (Å²) < 4.78 is 0. The van der Waals surface area contributed by atoms with Crippen LogP contribution in [0, 0.1) is 0 Å². The Morgan fingerprint density at radius 3 is 1.79 bits per heavy atom. The predicted molar refractivity (Wildman–Crippen MR) is 179 cm³/mol. The molecule has 0 atom stereocenters. The van der Waals surface area contributed by atoms with Crippen LogP contribution in [0.15, 0.2) is 150 Å². The lowest BCUT2D eigenvalue weighted by molar-refractivity contribution is 0.661. The Labute approximate surface area is 252 Å². The molecule has 0 saturated carbocycles. The fourth-order valence-corrected chi connectivity index (χ4v) is 6.72. The van der Waals surface area contributed by atoms with Gasteiger partial charge in [0.15, 0.2) is 6.17 Å². The van der Waals surface area contributed by atoms with E-state index in [9.17, 15) is 0 Å². The van der Waals surface area contributed by atoms with Crippen LogP contribution < -0.4 is 5.32 Å². The minimum Gasteiger partial charge on any atom is -0.324 e. The normalized spacial score (nSPS) is 15.3. The Morgan fingerprint density at radius 2 is 1.12 bits per heavy atom. The molecule has 43 heavy (non-hydrogen) atoms. The number of fused-ring (bicyclic) bond motifs is 4. The maximum absolute atomic E-state index is 5.08. The van der Waals surface area contributed by atoms with Crippen LogP contribution in [0.5, 0.6) is 0 Å². The van der Waals surface area contributed by atoms with E-state index in [1.54, 1.807) is 0 Å². The molecule has 0 saturated heterocycles. The van der Waals surface area contributed by atoms with Gasteiger partial charge in [0.05, 0.1) is 0 Å². The summed E-state index contributed by atoms with van der Waals surface area (Å²) in [6, 6.07) is 49.5. The molecule has 0 amide bonds. The van der Waals surface area contributed by atoms with Crippen LogP contribution in [-0.4, -0.2) is 11.7 Å². The van der Waals surface area contributed by atoms with Gasteiger partial charge < -0.3 is 5.32 Å². The lowest BCUT2D eigenvalue weighted by Crippen LogP contribution is -2.35. The quantitative estimate of drug-likeness (QED) is 0.232. The molecular formula is C40H31N3. The van der Waals surface area contributed by atoms with Crippen LogP contribution in [0.3, 0.4) is 0 Å². The fraction of sp³-hybridized carbons (Fsp3) is 0.100. The third-order valence-corrected chi connectivity index (χ3v) is 8.92. The van der Waals surface area contributed by atoms with Gasteiger partial charge in [0.1, 0.15) is 11.7 Å². The minimum absolute atomic E-state index is 0.0646. The maximum atomic E-state index is 5.08. The maximum Gasteiger partial charge on any atom is 0.169 e. The second-order valence-electron chi connectivity index (χ2n) is 11.9. The first-order chi connectivity index (χ1) is 21.1. The molecular weight excluding hydrogens is 522 g/mol. The number of hydrogen-bond donors (Lipinski definition) is 1. The van der Waals surface area contributed by atoms with E-state index in [-0.39, 0.29) is 11.6 Å². The van der Waals surface area contributed by atoms with E-state index in [0.29, 0.717) is 0 Å². The highest BCUT2D eigenvalue weighted by molar-refractivity contribution is 6.16. The first-order valence-electron chi connectivity index (χ1n) is 14.9. The molecule has 3 heteroatoms. The van der Waals surface area contributed by atoms with E-state index in [4.69, 9.17) is 9.98 Å². The summed E-state index contributed by atoms with van der Waals surface area (Å²) in [4.78, 5) is 10.2. The lowest BCUT2D eigenvalue weighted by Gasteiger charge is -2.23. The minimum atomic E-state index is -0.349. The topological polar surface area (TPSA) is 36.8 Å². The van der Waals surface area contributed by atoms with Crippen molar-refractivity contribution in [2.24, 2.45) is 9.98 Å². The molecule has 0 unspecified atom stereocenters. The monoisotopic (exact) mass is 553 g/mol. The Bertz CT molecular complexity index is 2000. The summed E-state index contributed by atoms with van der Waals surface area (Å²) in [6.07, 6.45) is -0.349. The van der Waals surface area contributed by atoms with Crippen molar-refractivity contribution in [2.75, 3.05) is 0 Å². The van der Waals surface area contributed by atoms with E-state index in [1.807, 2.05) is 36.4 Å². The highest BCUT2D eigenvalue weighted by Gasteiger charge is 2.37. The first kappa shape index (κ1) is 25.4. The standard InChI is InChI=1S/C40H31N3/c1-40(2)33-20-12-11-19-32(33)36-34(40)25-30-17-9-10-18-31(30)35(36)26-21-23-29(24-22-26)39-42-37(27-13-5-3-6-14-27)41-38(43-39)28-15-7-4-8-16-28/h3-25,39H,1-2H3,(H,41,42,43). The van der Waals surface area contributed by atoms with Crippen molar-refractivity contribution in [3.8, 4) is 22.3 Å². The third-order valence-electron chi connectivity index (χ3n) is 8.92. The number of hydrogen-bond acceptors (Lipinski definition) is 3.